The van der Waals surface area contributed by atoms with Gasteiger partial charge < -0.3 is 15.9 Å². The third-order valence-electron chi connectivity index (χ3n) is 6.78. The first-order chi connectivity index (χ1) is 16.5. The number of carboxylic acid groups (broad SMARTS) is 2. The summed E-state index contributed by atoms with van der Waals surface area (Å²) in [5.74, 6) is -6.33. The monoisotopic (exact) mass is 521 g/mol. The molecule has 0 saturated carbocycles. The molecule has 206 valence electrons. The van der Waals surface area contributed by atoms with Gasteiger partial charge in [0.25, 0.3) is 10.1 Å². The summed E-state index contributed by atoms with van der Waals surface area (Å²) in [6.45, 7) is 2.22. The highest BCUT2D eigenvalue weighted by molar-refractivity contribution is 7.88. The van der Waals surface area contributed by atoms with Gasteiger partial charge in [-0.25, -0.2) is 0 Å². The van der Waals surface area contributed by atoms with Crippen LogP contribution in [0, 0.1) is 5.92 Å². The van der Waals surface area contributed by atoms with Crippen LogP contribution < -0.4 is 5.73 Å². The average molecular weight is 522 g/mol. The van der Waals surface area contributed by atoms with E-state index in [1.807, 2.05) is 0 Å². The number of carboxylic acids is 2. The fourth-order valence-electron chi connectivity index (χ4n) is 4.66. The van der Waals surface area contributed by atoms with Crippen molar-refractivity contribution in [1.29, 1.82) is 0 Å². The van der Waals surface area contributed by atoms with Crippen LogP contribution in [0.25, 0.3) is 0 Å². The van der Waals surface area contributed by atoms with Crippen molar-refractivity contribution in [1.82, 2.24) is 0 Å². The standard InChI is InChI=1S/C25H47NO8S/c1-2-3-4-5-6-7-8-9-10-11-12-13-14-15-16-17-20-25(24(30)31,35(32,33)34)21(23(26)29)18-19-22(27)28/h21H,2-20H2,1H3,(H2,26,29)(H,27,28)(H,30,31)(H,32,33,34). The molecule has 0 bridgehead atoms. The molecule has 2 atom stereocenters. The van der Waals surface area contributed by atoms with Gasteiger partial charge in [0.1, 0.15) is 0 Å². The maximum Gasteiger partial charge on any atom is 0.328 e. The average Bonchev–Trinajstić information content (AvgIpc) is 2.75. The maximum atomic E-state index is 12.1. The molecular formula is C25H47NO8S. The second-order valence-electron chi connectivity index (χ2n) is 9.61. The van der Waals surface area contributed by atoms with E-state index in [1.165, 1.54) is 64.2 Å². The Morgan fingerprint density at radius 2 is 1.11 bits per heavy atom. The van der Waals surface area contributed by atoms with E-state index in [4.69, 9.17) is 10.8 Å². The molecular weight excluding hydrogens is 474 g/mol. The molecule has 0 spiro atoms. The van der Waals surface area contributed by atoms with Crippen LogP contribution >= 0.6 is 0 Å². The van der Waals surface area contributed by atoms with E-state index in [-0.39, 0.29) is 6.42 Å². The predicted octanol–water partition coefficient (Wildman–Crippen LogP) is 5.32. The lowest BCUT2D eigenvalue weighted by molar-refractivity contribution is -0.146. The lowest BCUT2D eigenvalue weighted by Crippen LogP contribution is -2.56. The summed E-state index contributed by atoms with van der Waals surface area (Å²) >= 11 is 0. The summed E-state index contributed by atoms with van der Waals surface area (Å²) < 4.78 is 31.1. The van der Waals surface area contributed by atoms with Crippen molar-refractivity contribution >= 4 is 28.0 Å². The molecule has 0 aliphatic carbocycles. The first kappa shape index (κ1) is 33.3. The zero-order valence-electron chi connectivity index (χ0n) is 21.4. The minimum atomic E-state index is -5.23. The van der Waals surface area contributed by atoms with Gasteiger partial charge in [-0.05, 0) is 12.8 Å². The summed E-state index contributed by atoms with van der Waals surface area (Å²) in [6, 6.07) is 0. The number of aliphatic carboxylic acids is 2. The fourth-order valence-corrected chi connectivity index (χ4v) is 5.87. The van der Waals surface area contributed by atoms with Gasteiger partial charge >= 0.3 is 11.9 Å². The second-order valence-corrected chi connectivity index (χ2v) is 11.3. The van der Waals surface area contributed by atoms with Crippen LogP contribution in [-0.4, -0.2) is 45.8 Å². The molecule has 0 aromatic carbocycles. The van der Waals surface area contributed by atoms with Gasteiger partial charge in [-0.3, -0.25) is 18.9 Å². The Bertz CT molecular complexity index is 725. The molecule has 0 aliphatic rings. The third-order valence-corrected chi connectivity index (χ3v) is 8.36. The molecule has 0 aromatic heterocycles. The van der Waals surface area contributed by atoms with Crippen LogP contribution in [0.3, 0.4) is 0 Å². The summed E-state index contributed by atoms with van der Waals surface area (Å²) in [5, 5.41) is 18.5. The van der Waals surface area contributed by atoms with Crippen LogP contribution in [-0.2, 0) is 24.5 Å². The van der Waals surface area contributed by atoms with E-state index in [1.54, 1.807) is 0 Å². The second kappa shape index (κ2) is 18.6. The molecule has 0 fully saturated rings. The zero-order valence-corrected chi connectivity index (χ0v) is 22.2. The minimum absolute atomic E-state index is 0.154. The quantitative estimate of drug-likeness (QED) is 0.0976. The van der Waals surface area contributed by atoms with E-state index in [9.17, 15) is 32.5 Å². The Morgan fingerprint density at radius 3 is 1.40 bits per heavy atom. The molecule has 2 unspecified atom stereocenters. The smallest absolute Gasteiger partial charge is 0.328 e. The van der Waals surface area contributed by atoms with E-state index >= 15 is 0 Å². The topological polar surface area (TPSA) is 172 Å². The molecule has 0 radical (unpaired) electrons. The maximum absolute atomic E-state index is 12.1. The Morgan fingerprint density at radius 1 is 0.743 bits per heavy atom. The van der Waals surface area contributed by atoms with Gasteiger partial charge in [-0.1, -0.05) is 110 Å². The molecule has 0 heterocycles. The molecule has 5 N–H and O–H groups in total. The summed E-state index contributed by atoms with van der Waals surface area (Å²) in [6.07, 6.45) is 15.8. The van der Waals surface area contributed by atoms with Gasteiger partial charge in [0.2, 0.25) is 10.7 Å². The van der Waals surface area contributed by atoms with Crippen molar-refractivity contribution < 1.29 is 37.6 Å². The molecule has 0 aromatic rings. The van der Waals surface area contributed by atoms with Gasteiger partial charge in [0.15, 0.2) is 0 Å². The van der Waals surface area contributed by atoms with Gasteiger partial charge in [-0.2, -0.15) is 8.42 Å². The molecule has 0 aliphatic heterocycles. The Balaban J connectivity index is 4.36. The molecule has 35 heavy (non-hydrogen) atoms. The lowest BCUT2D eigenvalue weighted by Gasteiger charge is -2.32. The van der Waals surface area contributed by atoms with Gasteiger partial charge in [0.05, 0.1) is 5.92 Å². The van der Waals surface area contributed by atoms with Crippen molar-refractivity contribution in [3.8, 4) is 0 Å². The van der Waals surface area contributed by atoms with Crippen LogP contribution in [0.1, 0.15) is 129 Å². The number of unbranched alkanes of at least 4 members (excludes halogenated alkanes) is 15. The molecule has 0 saturated heterocycles. The molecule has 9 nitrogen and oxygen atoms in total. The number of rotatable bonds is 24. The van der Waals surface area contributed by atoms with Crippen molar-refractivity contribution in [2.24, 2.45) is 11.7 Å². The summed E-state index contributed by atoms with van der Waals surface area (Å²) in [7, 11) is -5.23. The molecule has 0 rings (SSSR count). The van der Waals surface area contributed by atoms with Crippen LogP contribution in [0.15, 0.2) is 0 Å². The number of hydrogen-bond donors (Lipinski definition) is 4. The Kier molecular flexibility index (Phi) is 17.7. The summed E-state index contributed by atoms with van der Waals surface area (Å²) in [5.41, 5.74) is 5.23. The Labute approximate surface area is 211 Å². The number of amides is 1. The van der Waals surface area contributed by atoms with Gasteiger partial charge in [0, 0.05) is 6.42 Å². The number of hydrogen-bond acceptors (Lipinski definition) is 5. The van der Waals surface area contributed by atoms with E-state index < -0.39 is 57.9 Å². The third kappa shape index (κ3) is 13.3. The van der Waals surface area contributed by atoms with E-state index in [0.717, 1.165) is 25.7 Å². The van der Waals surface area contributed by atoms with Crippen molar-refractivity contribution in [2.45, 2.75) is 134 Å². The van der Waals surface area contributed by atoms with Crippen molar-refractivity contribution in [2.75, 3.05) is 0 Å². The number of carbonyl (C=O) groups is 3. The van der Waals surface area contributed by atoms with Crippen molar-refractivity contribution in [3.05, 3.63) is 0 Å². The van der Waals surface area contributed by atoms with Gasteiger partial charge in [-0.15, -0.1) is 0 Å². The largest absolute Gasteiger partial charge is 0.481 e. The predicted molar refractivity (Wildman–Crippen MR) is 136 cm³/mol. The normalized spacial score (nSPS) is 14.3. The zero-order chi connectivity index (χ0) is 26.7. The SMILES string of the molecule is CCCCCCCCCCCCCCCCCCC(C(=O)O)(C(CCC(=O)O)C(N)=O)S(=O)(=O)O. The highest BCUT2D eigenvalue weighted by Gasteiger charge is 2.58. The fraction of sp³-hybridized carbons (Fsp3) is 0.880. The van der Waals surface area contributed by atoms with E-state index in [0.29, 0.717) is 6.42 Å². The first-order valence-electron chi connectivity index (χ1n) is 13.2. The minimum Gasteiger partial charge on any atom is -0.481 e. The van der Waals surface area contributed by atoms with E-state index in [2.05, 4.69) is 6.92 Å². The van der Waals surface area contributed by atoms with Crippen molar-refractivity contribution in [3.63, 3.8) is 0 Å². The Hall–Kier alpha value is -1.68. The number of nitrogens with two attached hydrogens (primary N) is 1. The van der Waals surface area contributed by atoms with Crippen LogP contribution in [0.2, 0.25) is 0 Å². The molecule has 10 heteroatoms. The first-order valence-corrected chi connectivity index (χ1v) is 14.7. The highest BCUT2D eigenvalue weighted by Crippen LogP contribution is 2.36. The highest BCUT2D eigenvalue weighted by atomic mass is 32.2. The number of carbonyl (C=O) groups excluding carboxylic acids is 1. The lowest BCUT2D eigenvalue weighted by atomic mass is 9.82. The summed E-state index contributed by atoms with van der Waals surface area (Å²) in [4.78, 5) is 34.7. The number of primary amides is 1. The van der Waals surface area contributed by atoms with Crippen LogP contribution in [0.4, 0.5) is 0 Å². The molecule has 1 amide bonds. The van der Waals surface area contributed by atoms with Crippen LogP contribution in [0.5, 0.6) is 0 Å².